The minimum atomic E-state index is -0.298. The van der Waals surface area contributed by atoms with Gasteiger partial charge in [-0.2, -0.15) is 5.26 Å². The number of ether oxygens (including phenoxy) is 1. The maximum absolute atomic E-state index is 8.66. The molecule has 1 aromatic rings. The lowest BCUT2D eigenvalue weighted by Gasteiger charge is -2.07. The van der Waals surface area contributed by atoms with Crippen molar-refractivity contribution in [3.63, 3.8) is 0 Å². The predicted octanol–water partition coefficient (Wildman–Crippen LogP) is 2.65. The van der Waals surface area contributed by atoms with Crippen molar-refractivity contribution >= 4 is 15.9 Å². The number of benzene rings is 1. The first-order valence-electron chi connectivity index (χ1n) is 3.46. The van der Waals surface area contributed by atoms with E-state index >= 15 is 0 Å². The smallest absolute Gasteiger partial charge is 0.130 e. The van der Waals surface area contributed by atoms with Gasteiger partial charge in [-0.3, -0.25) is 0 Å². The van der Waals surface area contributed by atoms with Crippen LogP contribution in [-0.2, 0) is 0 Å². The second-order valence-corrected chi connectivity index (χ2v) is 3.15. The van der Waals surface area contributed by atoms with Gasteiger partial charge in [0.05, 0.1) is 13.2 Å². The molecule has 2 nitrogen and oxygen atoms in total. The maximum Gasteiger partial charge on any atom is 0.130 e. The first kappa shape index (κ1) is 9.08. The topological polar surface area (TPSA) is 33.0 Å². The molecule has 0 N–H and O–H groups in total. The van der Waals surface area contributed by atoms with Crippen LogP contribution in [0.15, 0.2) is 24.3 Å². The zero-order valence-corrected chi connectivity index (χ0v) is 8.21. The molecular weight excluding hydrogens is 218 g/mol. The van der Waals surface area contributed by atoms with Crippen molar-refractivity contribution in [2.24, 2.45) is 0 Å². The van der Waals surface area contributed by atoms with Gasteiger partial charge in [-0.1, -0.05) is 34.1 Å². The Hall–Kier alpha value is -1.01. The molecule has 0 aliphatic carbocycles. The van der Waals surface area contributed by atoms with Crippen LogP contribution in [0.3, 0.4) is 0 Å². The molecule has 0 saturated heterocycles. The zero-order valence-electron chi connectivity index (χ0n) is 6.62. The van der Waals surface area contributed by atoms with Gasteiger partial charge in [-0.05, 0) is 6.07 Å². The van der Waals surface area contributed by atoms with Gasteiger partial charge in [0.25, 0.3) is 0 Å². The van der Waals surface area contributed by atoms with Gasteiger partial charge in [0.15, 0.2) is 0 Å². The van der Waals surface area contributed by atoms with Crippen LogP contribution in [0.2, 0.25) is 0 Å². The van der Waals surface area contributed by atoms with E-state index < -0.39 is 0 Å². The molecule has 12 heavy (non-hydrogen) atoms. The van der Waals surface area contributed by atoms with Crippen LogP contribution in [-0.4, -0.2) is 7.11 Å². The number of hydrogen-bond donors (Lipinski definition) is 0. The van der Waals surface area contributed by atoms with E-state index in [0.717, 1.165) is 11.3 Å². The summed E-state index contributed by atoms with van der Waals surface area (Å²) >= 11 is 3.24. The van der Waals surface area contributed by atoms with Gasteiger partial charge >= 0.3 is 0 Å². The molecule has 1 rings (SSSR count). The first-order valence-corrected chi connectivity index (χ1v) is 4.37. The minimum absolute atomic E-state index is 0.298. The van der Waals surface area contributed by atoms with Crippen molar-refractivity contribution in [2.45, 2.75) is 4.83 Å². The standard InChI is InChI=1S/C9H8BrNO/c1-12-9-5-3-2-4-7(9)8(10)6-11/h2-5,8H,1H3. The van der Waals surface area contributed by atoms with Gasteiger partial charge in [-0.25, -0.2) is 0 Å². The van der Waals surface area contributed by atoms with Crippen LogP contribution >= 0.6 is 15.9 Å². The number of nitriles is 1. The van der Waals surface area contributed by atoms with E-state index in [1.54, 1.807) is 7.11 Å². The maximum atomic E-state index is 8.66. The summed E-state index contributed by atoms with van der Waals surface area (Å²) in [5.74, 6) is 0.737. The molecule has 62 valence electrons. The second kappa shape index (κ2) is 4.13. The van der Waals surface area contributed by atoms with Gasteiger partial charge in [0, 0.05) is 5.56 Å². The lowest BCUT2D eigenvalue weighted by molar-refractivity contribution is 0.411. The molecule has 0 aliphatic rings. The summed E-state index contributed by atoms with van der Waals surface area (Å²) in [6, 6.07) is 9.54. The lowest BCUT2D eigenvalue weighted by Crippen LogP contribution is -1.92. The third-order valence-corrected chi connectivity index (χ3v) is 2.22. The number of halogens is 1. The van der Waals surface area contributed by atoms with Crippen LogP contribution in [0, 0.1) is 11.3 Å². The molecule has 0 aliphatic heterocycles. The Morgan fingerprint density at radius 3 is 2.75 bits per heavy atom. The van der Waals surface area contributed by atoms with E-state index in [0.29, 0.717) is 0 Å². The average Bonchev–Trinajstić information content (AvgIpc) is 2.16. The van der Waals surface area contributed by atoms with Crippen LogP contribution < -0.4 is 4.74 Å². The number of alkyl halides is 1. The summed E-state index contributed by atoms with van der Waals surface area (Å²) in [4.78, 5) is -0.298. The number of hydrogen-bond acceptors (Lipinski definition) is 2. The highest BCUT2D eigenvalue weighted by molar-refractivity contribution is 9.09. The molecule has 0 amide bonds. The summed E-state index contributed by atoms with van der Waals surface area (Å²) in [5.41, 5.74) is 0.863. The van der Waals surface area contributed by atoms with E-state index in [-0.39, 0.29) is 4.83 Å². The monoisotopic (exact) mass is 225 g/mol. The molecule has 0 spiro atoms. The zero-order chi connectivity index (χ0) is 8.97. The Morgan fingerprint density at radius 2 is 2.17 bits per heavy atom. The third-order valence-electron chi connectivity index (χ3n) is 1.53. The van der Waals surface area contributed by atoms with Crippen molar-refractivity contribution < 1.29 is 4.74 Å². The minimum Gasteiger partial charge on any atom is -0.496 e. The fourth-order valence-electron chi connectivity index (χ4n) is 0.945. The molecule has 3 heteroatoms. The first-order chi connectivity index (χ1) is 5.79. The average molecular weight is 226 g/mol. The largest absolute Gasteiger partial charge is 0.496 e. The molecule has 0 bridgehead atoms. The molecule has 1 aromatic carbocycles. The third kappa shape index (κ3) is 1.77. The van der Waals surface area contributed by atoms with Crippen molar-refractivity contribution in [1.29, 1.82) is 5.26 Å². The second-order valence-electron chi connectivity index (χ2n) is 2.23. The Morgan fingerprint density at radius 1 is 1.50 bits per heavy atom. The van der Waals surface area contributed by atoms with Gasteiger partial charge in [-0.15, -0.1) is 0 Å². The highest BCUT2D eigenvalue weighted by Crippen LogP contribution is 2.29. The quantitative estimate of drug-likeness (QED) is 0.726. The van der Waals surface area contributed by atoms with Crippen LogP contribution in [0.5, 0.6) is 5.75 Å². The van der Waals surface area contributed by atoms with E-state index in [9.17, 15) is 0 Å². The van der Waals surface area contributed by atoms with E-state index in [4.69, 9.17) is 10.00 Å². The highest BCUT2D eigenvalue weighted by Gasteiger charge is 2.10. The number of nitrogens with zero attached hydrogens (tertiary/aromatic N) is 1. The Kier molecular flexibility index (Phi) is 3.12. The number of para-hydroxylation sites is 1. The number of methoxy groups -OCH3 is 1. The summed E-state index contributed by atoms with van der Waals surface area (Å²) < 4.78 is 5.09. The Labute approximate surface area is 79.9 Å². The van der Waals surface area contributed by atoms with Crippen molar-refractivity contribution in [1.82, 2.24) is 0 Å². The summed E-state index contributed by atoms with van der Waals surface area (Å²) in [6.45, 7) is 0. The van der Waals surface area contributed by atoms with Gasteiger partial charge < -0.3 is 4.74 Å². The normalized spacial score (nSPS) is 11.8. The van der Waals surface area contributed by atoms with Crippen molar-refractivity contribution in [3.8, 4) is 11.8 Å². The molecule has 0 radical (unpaired) electrons. The predicted molar refractivity (Wildman–Crippen MR) is 50.3 cm³/mol. The molecule has 0 heterocycles. The van der Waals surface area contributed by atoms with Crippen LogP contribution in [0.25, 0.3) is 0 Å². The van der Waals surface area contributed by atoms with E-state index in [2.05, 4.69) is 22.0 Å². The van der Waals surface area contributed by atoms with Gasteiger partial charge in [0.1, 0.15) is 10.6 Å². The Bertz CT molecular complexity index is 306. The molecular formula is C9H8BrNO. The van der Waals surface area contributed by atoms with Crippen LogP contribution in [0.1, 0.15) is 10.4 Å². The molecule has 0 aromatic heterocycles. The fraction of sp³-hybridized carbons (Fsp3) is 0.222. The van der Waals surface area contributed by atoms with Gasteiger partial charge in [0.2, 0.25) is 0 Å². The lowest BCUT2D eigenvalue weighted by atomic mass is 10.1. The molecule has 1 atom stereocenters. The summed E-state index contributed by atoms with van der Waals surface area (Å²) in [6.07, 6.45) is 0. The molecule has 0 fully saturated rings. The van der Waals surface area contributed by atoms with Crippen molar-refractivity contribution in [2.75, 3.05) is 7.11 Å². The van der Waals surface area contributed by atoms with E-state index in [1.165, 1.54) is 0 Å². The summed E-state index contributed by atoms with van der Waals surface area (Å²) in [7, 11) is 1.59. The van der Waals surface area contributed by atoms with Crippen LogP contribution in [0.4, 0.5) is 0 Å². The van der Waals surface area contributed by atoms with E-state index in [1.807, 2.05) is 24.3 Å². The summed E-state index contributed by atoms with van der Waals surface area (Å²) in [5, 5.41) is 8.66. The Balaban J connectivity index is 3.06. The van der Waals surface area contributed by atoms with Crippen molar-refractivity contribution in [3.05, 3.63) is 29.8 Å². The SMILES string of the molecule is COc1ccccc1C(Br)C#N. The fourth-order valence-corrected chi connectivity index (χ4v) is 1.32. The molecule has 1 unspecified atom stereocenters. The molecule has 0 saturated carbocycles. The number of rotatable bonds is 2. The highest BCUT2D eigenvalue weighted by atomic mass is 79.9.